The monoisotopic (exact) mass is 587 g/mol. The number of nitrogens with one attached hydrogen (secondary N) is 3. The summed E-state index contributed by atoms with van der Waals surface area (Å²) in [5.74, 6) is -2.65. The summed E-state index contributed by atoms with van der Waals surface area (Å²) >= 11 is 0. The minimum Gasteiger partial charge on any atom is -0.369 e. The van der Waals surface area contributed by atoms with Crippen molar-refractivity contribution in [2.45, 2.75) is 31.2 Å². The largest absolute Gasteiger partial charge is 0.369 e. The van der Waals surface area contributed by atoms with E-state index in [0.29, 0.717) is 23.0 Å². The number of amides is 2. The molecule has 2 aliphatic heterocycles. The van der Waals surface area contributed by atoms with Crippen LogP contribution in [0.15, 0.2) is 41.3 Å². The third-order valence-electron chi connectivity index (χ3n) is 7.32. The van der Waals surface area contributed by atoms with Gasteiger partial charge in [-0.3, -0.25) is 14.7 Å². The lowest BCUT2D eigenvalue weighted by molar-refractivity contribution is -0.115. The van der Waals surface area contributed by atoms with E-state index in [4.69, 9.17) is 0 Å². The molecular formula is C27H31F2N7O4S. The average molecular weight is 588 g/mol. The lowest BCUT2D eigenvalue weighted by atomic mass is 10.1. The Balaban J connectivity index is 1.38. The highest BCUT2D eigenvalue weighted by Crippen LogP contribution is 2.30. The highest BCUT2D eigenvalue weighted by atomic mass is 32.2. The Morgan fingerprint density at radius 2 is 1.71 bits per heavy atom. The number of carbonyl (C=O) groups excluding carboxylic acids is 2. The molecule has 2 aliphatic rings. The number of fused-ring (bicyclic) bond motifs is 1. The molecule has 1 saturated heterocycles. The number of likely N-dealkylation sites (N-methyl/N-ethyl adjacent to an activating group) is 1. The van der Waals surface area contributed by atoms with Crippen LogP contribution in [0.1, 0.15) is 35.0 Å². The zero-order valence-electron chi connectivity index (χ0n) is 22.7. The number of halogens is 2. The van der Waals surface area contributed by atoms with Crippen LogP contribution >= 0.6 is 0 Å². The van der Waals surface area contributed by atoms with Crippen LogP contribution in [0.2, 0.25) is 0 Å². The first kappa shape index (κ1) is 28.6. The third-order valence-corrected chi connectivity index (χ3v) is 9.14. The minimum absolute atomic E-state index is 0.0595. The molecule has 3 heterocycles. The maximum atomic E-state index is 13.7. The van der Waals surface area contributed by atoms with Gasteiger partial charge < -0.3 is 20.4 Å². The number of carbonyl (C=O) groups is 2. The summed E-state index contributed by atoms with van der Waals surface area (Å²) in [7, 11) is -2.17. The second-order valence-corrected chi connectivity index (χ2v) is 12.0. The first-order valence-corrected chi connectivity index (χ1v) is 14.7. The Morgan fingerprint density at radius 3 is 2.39 bits per heavy atom. The maximum Gasteiger partial charge on any atom is 0.258 e. The normalized spacial score (nSPS) is 16.3. The smallest absolute Gasteiger partial charge is 0.258 e. The van der Waals surface area contributed by atoms with Gasteiger partial charge in [-0.15, -0.1) is 0 Å². The van der Waals surface area contributed by atoms with Crippen molar-refractivity contribution < 1.29 is 26.8 Å². The number of benzene rings is 2. The van der Waals surface area contributed by atoms with E-state index in [-0.39, 0.29) is 43.2 Å². The van der Waals surface area contributed by atoms with Gasteiger partial charge in [-0.05, 0) is 37.4 Å². The Labute approximate surface area is 236 Å². The van der Waals surface area contributed by atoms with E-state index < -0.39 is 32.5 Å². The van der Waals surface area contributed by atoms with E-state index in [1.165, 1.54) is 0 Å². The van der Waals surface area contributed by atoms with Crippen molar-refractivity contribution in [3.63, 3.8) is 0 Å². The Kier molecular flexibility index (Phi) is 8.07. The van der Waals surface area contributed by atoms with E-state index in [2.05, 4.69) is 37.7 Å². The van der Waals surface area contributed by atoms with Crippen molar-refractivity contribution in [1.29, 1.82) is 0 Å². The first-order valence-electron chi connectivity index (χ1n) is 13.3. The summed E-state index contributed by atoms with van der Waals surface area (Å²) in [6.07, 6.45) is 0.485. The summed E-state index contributed by atoms with van der Waals surface area (Å²) in [6, 6.07) is 7.39. The highest BCUT2D eigenvalue weighted by molar-refractivity contribution is 7.89. The van der Waals surface area contributed by atoms with E-state index >= 15 is 0 Å². The van der Waals surface area contributed by atoms with Gasteiger partial charge in [0.05, 0.1) is 16.1 Å². The van der Waals surface area contributed by atoms with E-state index in [1.807, 2.05) is 6.07 Å². The number of nitrogens with zero attached hydrogens (tertiary/aromatic N) is 4. The van der Waals surface area contributed by atoms with Crippen molar-refractivity contribution in [3.8, 4) is 0 Å². The van der Waals surface area contributed by atoms with Crippen LogP contribution in [0.4, 0.5) is 26.0 Å². The second kappa shape index (κ2) is 11.5. The molecule has 0 bridgehead atoms. The van der Waals surface area contributed by atoms with Crippen LogP contribution in [0.3, 0.4) is 0 Å². The number of anilines is 3. The molecule has 1 fully saturated rings. The Hall–Kier alpha value is -3.88. The van der Waals surface area contributed by atoms with Crippen molar-refractivity contribution in [1.82, 2.24) is 19.4 Å². The molecule has 3 N–H and O–H groups in total. The number of hydrogen-bond donors (Lipinski definition) is 3. The van der Waals surface area contributed by atoms with Crippen molar-refractivity contribution >= 4 is 39.0 Å². The zero-order chi connectivity index (χ0) is 29.3. The van der Waals surface area contributed by atoms with E-state index in [1.54, 1.807) is 19.1 Å². The fourth-order valence-electron chi connectivity index (χ4n) is 4.91. The van der Waals surface area contributed by atoms with E-state index in [9.17, 15) is 26.8 Å². The molecule has 1 aromatic heterocycles. The molecule has 0 spiro atoms. The van der Waals surface area contributed by atoms with Crippen LogP contribution in [0, 0.1) is 11.6 Å². The maximum absolute atomic E-state index is 13.7. The molecule has 2 amide bonds. The SMILES string of the molecule is CCC(=O)Nc1cc(N2CCN(C)CC2)ccc1C(=O)Nc1n[nH]c2c1CN(S(=O)(=O)c1cc(F)cc(F)c1)CC2. The van der Waals surface area contributed by atoms with Crippen LogP contribution in [0.5, 0.6) is 0 Å². The predicted molar refractivity (Wildman–Crippen MR) is 149 cm³/mol. The van der Waals surface area contributed by atoms with Gasteiger partial charge in [0.25, 0.3) is 5.91 Å². The number of aromatic amines is 1. The lowest BCUT2D eigenvalue weighted by Crippen LogP contribution is -2.44. The number of H-pyrrole nitrogens is 1. The van der Waals surface area contributed by atoms with Crippen molar-refractivity contribution in [3.05, 3.63) is 64.9 Å². The van der Waals surface area contributed by atoms with E-state index in [0.717, 1.165) is 48.3 Å². The number of sulfonamides is 1. The van der Waals surface area contributed by atoms with Gasteiger partial charge in [0.1, 0.15) is 11.6 Å². The summed E-state index contributed by atoms with van der Waals surface area (Å²) in [6.45, 7) is 5.02. The fourth-order valence-corrected chi connectivity index (χ4v) is 6.37. The summed E-state index contributed by atoms with van der Waals surface area (Å²) in [5, 5.41) is 12.6. The van der Waals surface area contributed by atoms with Gasteiger partial charge in [-0.1, -0.05) is 6.92 Å². The molecule has 41 heavy (non-hydrogen) atoms. The van der Waals surface area contributed by atoms with Crippen LogP contribution in [0.25, 0.3) is 0 Å². The number of rotatable bonds is 7. The molecule has 3 aromatic rings. The Bertz CT molecular complexity index is 1570. The average Bonchev–Trinajstić information content (AvgIpc) is 3.34. The van der Waals surface area contributed by atoms with Crippen molar-refractivity contribution in [2.75, 3.05) is 55.3 Å². The van der Waals surface area contributed by atoms with Gasteiger partial charge in [-0.25, -0.2) is 17.2 Å². The predicted octanol–water partition coefficient (Wildman–Crippen LogP) is 2.79. The number of hydrogen-bond acceptors (Lipinski definition) is 7. The van der Waals surface area contributed by atoms with Crippen molar-refractivity contribution in [2.24, 2.45) is 0 Å². The zero-order valence-corrected chi connectivity index (χ0v) is 23.5. The molecule has 0 atom stereocenters. The highest BCUT2D eigenvalue weighted by Gasteiger charge is 2.32. The fraction of sp³-hybridized carbons (Fsp3) is 0.370. The topological polar surface area (TPSA) is 131 Å². The first-order chi connectivity index (χ1) is 19.5. The molecule has 2 aromatic carbocycles. The molecule has 0 radical (unpaired) electrons. The molecule has 0 saturated carbocycles. The van der Waals surface area contributed by atoms with Crippen LogP contribution < -0.4 is 15.5 Å². The van der Waals surface area contributed by atoms with Gasteiger partial charge in [0.2, 0.25) is 15.9 Å². The third kappa shape index (κ3) is 6.09. The molecule has 14 heteroatoms. The molecular weight excluding hydrogens is 556 g/mol. The molecule has 0 unspecified atom stereocenters. The second-order valence-electron chi connectivity index (χ2n) is 10.1. The van der Waals surface area contributed by atoms with Gasteiger partial charge >= 0.3 is 0 Å². The van der Waals surface area contributed by atoms with Gasteiger partial charge in [-0.2, -0.15) is 9.40 Å². The molecule has 11 nitrogen and oxygen atoms in total. The minimum atomic E-state index is -4.22. The van der Waals surface area contributed by atoms with Gasteiger partial charge in [0, 0.05) is 75.1 Å². The summed E-state index contributed by atoms with van der Waals surface area (Å²) in [5.41, 5.74) is 2.54. The summed E-state index contributed by atoms with van der Waals surface area (Å²) < 4.78 is 54.9. The molecule has 218 valence electrons. The number of aromatic nitrogens is 2. The lowest BCUT2D eigenvalue weighted by Gasteiger charge is -2.34. The van der Waals surface area contributed by atoms with Crippen LogP contribution in [-0.4, -0.2) is 79.4 Å². The summed E-state index contributed by atoms with van der Waals surface area (Å²) in [4.78, 5) is 29.7. The molecule has 0 aliphatic carbocycles. The Morgan fingerprint density at radius 1 is 1.00 bits per heavy atom. The van der Waals surface area contributed by atoms with Gasteiger partial charge in [0.15, 0.2) is 5.82 Å². The standard InChI is InChI=1S/C27H31F2N7O4S/c1-3-25(37)30-24-15-19(35-10-8-34(2)9-11-35)4-5-21(24)27(38)31-26-22-16-36(7-6-23(22)32-33-26)41(39,40)20-13-17(28)12-18(29)14-20/h4-5,12-15H,3,6-11,16H2,1-2H3,(H,30,37)(H2,31,32,33,38). The number of piperazine rings is 1. The molecule has 5 rings (SSSR count). The quantitative estimate of drug-likeness (QED) is 0.388. The van der Waals surface area contributed by atoms with Crippen LogP contribution in [-0.2, 0) is 27.8 Å².